The Morgan fingerprint density at radius 2 is 2.05 bits per heavy atom. The van der Waals surface area contributed by atoms with Crippen molar-refractivity contribution in [3.8, 4) is 0 Å². The van der Waals surface area contributed by atoms with Crippen molar-refractivity contribution in [1.82, 2.24) is 4.90 Å². The number of nitrogens with zero attached hydrogens (tertiary/aromatic N) is 1. The molecule has 1 fully saturated rings. The molecule has 0 saturated heterocycles. The van der Waals surface area contributed by atoms with Crippen molar-refractivity contribution >= 4 is 0 Å². The van der Waals surface area contributed by atoms with E-state index in [1.54, 1.807) is 0 Å². The minimum Gasteiger partial charge on any atom is -0.396 e. The summed E-state index contributed by atoms with van der Waals surface area (Å²) in [4.78, 5) is 2.25. The van der Waals surface area contributed by atoms with Crippen LogP contribution in [0.2, 0.25) is 0 Å². The van der Waals surface area contributed by atoms with Crippen LogP contribution in [-0.4, -0.2) is 30.2 Å². The summed E-state index contributed by atoms with van der Waals surface area (Å²) in [7, 11) is 2.08. The molecule has 1 aliphatic carbocycles. The van der Waals surface area contributed by atoms with Gasteiger partial charge in [0, 0.05) is 25.1 Å². The van der Waals surface area contributed by atoms with E-state index in [2.05, 4.69) is 18.9 Å². The largest absolute Gasteiger partial charge is 0.396 e. The molecule has 0 heterocycles. The zero-order chi connectivity index (χ0) is 14.6. The maximum Gasteiger partial charge on any atom is 0.123 e. The van der Waals surface area contributed by atoms with Crippen LogP contribution >= 0.6 is 0 Å². The van der Waals surface area contributed by atoms with Crippen molar-refractivity contribution in [3.05, 3.63) is 35.6 Å². The summed E-state index contributed by atoms with van der Waals surface area (Å²) in [5.41, 5.74) is 1.16. The van der Waals surface area contributed by atoms with Gasteiger partial charge in [-0.2, -0.15) is 0 Å². The molecule has 1 saturated carbocycles. The Bertz CT molecular complexity index is 420. The molecule has 0 radical (unpaired) electrons. The van der Waals surface area contributed by atoms with Crippen molar-refractivity contribution < 1.29 is 9.50 Å². The highest BCUT2D eigenvalue weighted by molar-refractivity contribution is 5.15. The summed E-state index contributed by atoms with van der Waals surface area (Å²) in [6, 6.07) is 6.68. The van der Waals surface area contributed by atoms with Crippen molar-refractivity contribution in [1.29, 1.82) is 0 Å². The van der Waals surface area contributed by atoms with E-state index in [1.165, 1.54) is 25.0 Å². The second-order valence-corrected chi connectivity index (χ2v) is 6.66. The summed E-state index contributed by atoms with van der Waals surface area (Å²) in [6.07, 6.45) is 4.72. The number of benzene rings is 1. The van der Waals surface area contributed by atoms with Crippen LogP contribution in [0.25, 0.3) is 0 Å². The maximum absolute atomic E-state index is 12.9. The SMILES string of the molecule is CC1CCCC(CO)(CN(C)Cc2ccc(F)cc2)C1. The standard InChI is InChI=1S/C17H26FNO/c1-14-4-3-9-17(10-14,13-20)12-19(2)11-15-5-7-16(18)8-6-15/h5-8,14,20H,3-4,9-13H2,1-2H3. The molecule has 0 spiro atoms. The van der Waals surface area contributed by atoms with Gasteiger partial charge in [0.2, 0.25) is 0 Å². The van der Waals surface area contributed by atoms with Gasteiger partial charge < -0.3 is 10.0 Å². The fourth-order valence-electron chi connectivity index (χ4n) is 3.64. The minimum atomic E-state index is -0.190. The number of aliphatic hydroxyl groups excluding tert-OH is 1. The van der Waals surface area contributed by atoms with Crippen LogP contribution in [-0.2, 0) is 6.54 Å². The summed E-state index contributed by atoms with van der Waals surface area (Å²) in [5.74, 6) is 0.513. The Balaban J connectivity index is 1.95. The first-order valence-corrected chi connectivity index (χ1v) is 7.57. The Kier molecular flexibility index (Phi) is 5.17. The van der Waals surface area contributed by atoms with E-state index in [-0.39, 0.29) is 17.8 Å². The predicted molar refractivity (Wildman–Crippen MR) is 79.9 cm³/mol. The average molecular weight is 279 g/mol. The Morgan fingerprint density at radius 1 is 1.35 bits per heavy atom. The summed E-state index contributed by atoms with van der Waals surface area (Å²) < 4.78 is 12.9. The summed E-state index contributed by atoms with van der Waals surface area (Å²) >= 11 is 0. The molecule has 112 valence electrons. The Morgan fingerprint density at radius 3 is 2.65 bits per heavy atom. The molecular formula is C17H26FNO. The molecule has 1 aliphatic rings. The molecule has 2 nitrogen and oxygen atoms in total. The highest BCUT2D eigenvalue weighted by Crippen LogP contribution is 2.39. The lowest BCUT2D eigenvalue weighted by Crippen LogP contribution is -2.41. The normalized spacial score (nSPS) is 26.9. The third kappa shape index (κ3) is 4.03. The highest BCUT2D eigenvalue weighted by atomic mass is 19.1. The number of aliphatic hydroxyl groups is 1. The van der Waals surface area contributed by atoms with Crippen LogP contribution in [0.15, 0.2) is 24.3 Å². The first-order chi connectivity index (χ1) is 9.53. The lowest BCUT2D eigenvalue weighted by atomic mass is 9.70. The molecule has 0 aliphatic heterocycles. The van der Waals surface area contributed by atoms with Gasteiger partial charge in [-0.25, -0.2) is 4.39 Å². The second kappa shape index (κ2) is 6.68. The maximum atomic E-state index is 12.9. The van der Waals surface area contributed by atoms with Gasteiger partial charge in [0.25, 0.3) is 0 Å². The van der Waals surface area contributed by atoms with E-state index in [9.17, 15) is 9.50 Å². The van der Waals surface area contributed by atoms with Gasteiger partial charge >= 0.3 is 0 Å². The van der Waals surface area contributed by atoms with Crippen LogP contribution in [0.1, 0.15) is 38.2 Å². The van der Waals surface area contributed by atoms with Gasteiger partial charge in [0.15, 0.2) is 0 Å². The molecule has 3 heteroatoms. The highest BCUT2D eigenvalue weighted by Gasteiger charge is 2.35. The van der Waals surface area contributed by atoms with E-state index >= 15 is 0 Å². The van der Waals surface area contributed by atoms with Gasteiger partial charge in [-0.15, -0.1) is 0 Å². The monoisotopic (exact) mass is 279 g/mol. The van der Waals surface area contributed by atoms with Crippen molar-refractivity contribution in [2.75, 3.05) is 20.2 Å². The molecular weight excluding hydrogens is 253 g/mol. The first-order valence-electron chi connectivity index (χ1n) is 7.57. The zero-order valence-corrected chi connectivity index (χ0v) is 12.6. The average Bonchev–Trinajstić information content (AvgIpc) is 2.41. The number of halogens is 1. The van der Waals surface area contributed by atoms with Crippen LogP contribution in [0.4, 0.5) is 4.39 Å². The molecule has 1 aromatic rings. The molecule has 2 rings (SSSR count). The summed E-state index contributed by atoms with van der Waals surface area (Å²) in [6.45, 7) is 4.26. The number of hydrogen-bond acceptors (Lipinski definition) is 2. The molecule has 20 heavy (non-hydrogen) atoms. The van der Waals surface area contributed by atoms with Crippen molar-refractivity contribution in [2.24, 2.45) is 11.3 Å². The third-order valence-electron chi connectivity index (χ3n) is 4.49. The molecule has 0 amide bonds. The molecule has 1 N–H and O–H groups in total. The smallest absolute Gasteiger partial charge is 0.123 e. The minimum absolute atomic E-state index is 0.0481. The fourth-order valence-corrected chi connectivity index (χ4v) is 3.64. The van der Waals surface area contributed by atoms with E-state index < -0.39 is 0 Å². The van der Waals surface area contributed by atoms with Crippen LogP contribution < -0.4 is 0 Å². The molecule has 1 aromatic carbocycles. The number of rotatable bonds is 5. The Labute approximate surface area is 121 Å². The van der Waals surface area contributed by atoms with E-state index in [0.29, 0.717) is 5.92 Å². The lowest BCUT2D eigenvalue weighted by Gasteiger charge is -2.41. The van der Waals surface area contributed by atoms with Gasteiger partial charge in [-0.1, -0.05) is 31.9 Å². The predicted octanol–water partition coefficient (Wildman–Crippen LogP) is 3.45. The van der Waals surface area contributed by atoms with Gasteiger partial charge in [-0.05, 0) is 43.5 Å². The van der Waals surface area contributed by atoms with E-state index in [4.69, 9.17) is 0 Å². The molecule has 0 aromatic heterocycles. The first kappa shape index (κ1) is 15.5. The topological polar surface area (TPSA) is 23.5 Å². The third-order valence-corrected chi connectivity index (χ3v) is 4.49. The zero-order valence-electron chi connectivity index (χ0n) is 12.6. The molecule has 2 atom stereocenters. The number of hydrogen-bond donors (Lipinski definition) is 1. The van der Waals surface area contributed by atoms with Crippen LogP contribution in [0, 0.1) is 17.2 Å². The Hall–Kier alpha value is -0.930. The second-order valence-electron chi connectivity index (χ2n) is 6.66. The van der Waals surface area contributed by atoms with Crippen molar-refractivity contribution in [3.63, 3.8) is 0 Å². The van der Waals surface area contributed by atoms with Crippen molar-refractivity contribution in [2.45, 2.75) is 39.2 Å². The van der Waals surface area contributed by atoms with Crippen LogP contribution in [0.5, 0.6) is 0 Å². The van der Waals surface area contributed by atoms with Gasteiger partial charge in [0.1, 0.15) is 5.82 Å². The van der Waals surface area contributed by atoms with Gasteiger partial charge in [0.05, 0.1) is 0 Å². The van der Waals surface area contributed by atoms with Gasteiger partial charge in [-0.3, -0.25) is 0 Å². The fraction of sp³-hybridized carbons (Fsp3) is 0.647. The van der Waals surface area contributed by atoms with E-state index in [0.717, 1.165) is 31.5 Å². The van der Waals surface area contributed by atoms with E-state index in [1.807, 2.05) is 12.1 Å². The lowest BCUT2D eigenvalue weighted by molar-refractivity contribution is 0.0290. The summed E-state index contributed by atoms with van der Waals surface area (Å²) in [5, 5.41) is 9.83. The molecule has 2 unspecified atom stereocenters. The quantitative estimate of drug-likeness (QED) is 0.892. The molecule has 0 bridgehead atoms. The van der Waals surface area contributed by atoms with Crippen LogP contribution in [0.3, 0.4) is 0 Å².